The molecule has 0 aliphatic carbocycles. The molecule has 0 amide bonds. The number of allylic oxidation sites excluding steroid dienone is 2. The Bertz CT molecular complexity index is 874. The average molecular weight is 341 g/mol. The van der Waals surface area contributed by atoms with Crippen LogP contribution in [-0.2, 0) is 11.2 Å². The number of carbonyl (C=O) groups excluding carboxylic acids is 1. The van der Waals surface area contributed by atoms with E-state index in [4.69, 9.17) is 4.74 Å². The Morgan fingerprint density at radius 2 is 2.00 bits per heavy atom. The van der Waals surface area contributed by atoms with E-state index in [2.05, 4.69) is 43.3 Å². The van der Waals surface area contributed by atoms with Gasteiger partial charge in [0, 0.05) is 30.6 Å². The number of nitrogens with one attached hydrogen (secondary N) is 1. The van der Waals surface area contributed by atoms with Crippen molar-refractivity contribution in [2.75, 3.05) is 6.61 Å². The molecule has 1 unspecified atom stereocenters. The van der Waals surface area contributed by atoms with Gasteiger partial charge in [0.15, 0.2) is 11.7 Å². The first-order valence-corrected chi connectivity index (χ1v) is 9.36. The van der Waals surface area contributed by atoms with E-state index in [1.54, 1.807) is 0 Å². The Kier molecular flexibility index (Phi) is 4.72. The van der Waals surface area contributed by atoms with Crippen LogP contribution in [0.5, 0.6) is 0 Å². The zero-order valence-electron chi connectivity index (χ0n) is 16.2. The molecule has 0 spiro atoms. The van der Waals surface area contributed by atoms with Crippen molar-refractivity contribution < 1.29 is 14.1 Å². The molecule has 0 saturated carbocycles. The lowest BCUT2D eigenvalue weighted by molar-refractivity contribution is -0.713. The van der Waals surface area contributed by atoms with Gasteiger partial charge in [0.2, 0.25) is 5.69 Å². The maximum absolute atomic E-state index is 12.3. The number of nitrogens with zero attached hydrogens (tertiary/aromatic N) is 1. The number of hydrogen-bond acceptors (Lipinski definition) is 2. The lowest BCUT2D eigenvalue weighted by Crippen LogP contribution is -2.42. The largest absolute Gasteiger partial charge is 0.461 e. The van der Waals surface area contributed by atoms with Gasteiger partial charge in [-0.15, -0.1) is 0 Å². The van der Waals surface area contributed by atoms with Gasteiger partial charge in [0.25, 0.3) is 0 Å². The highest BCUT2D eigenvalue weighted by Gasteiger charge is 2.36. The van der Waals surface area contributed by atoms with Crippen molar-refractivity contribution >= 4 is 22.4 Å². The van der Waals surface area contributed by atoms with Crippen LogP contribution in [0.15, 0.2) is 11.6 Å². The molecule has 2 aromatic heterocycles. The highest BCUT2D eigenvalue weighted by Crippen LogP contribution is 2.35. The fourth-order valence-corrected chi connectivity index (χ4v) is 4.01. The minimum atomic E-state index is -0.265. The average Bonchev–Trinajstić information content (AvgIpc) is 3.03. The molecule has 3 heterocycles. The number of aryl methyl sites for hydroxylation is 2. The normalized spacial score (nSPS) is 16.6. The topological polar surface area (TPSA) is 46.0 Å². The van der Waals surface area contributed by atoms with E-state index in [1.807, 2.05) is 13.8 Å². The van der Waals surface area contributed by atoms with E-state index in [0.717, 1.165) is 30.3 Å². The lowest BCUT2D eigenvalue weighted by Gasteiger charge is -2.10. The Labute approximate surface area is 149 Å². The number of ether oxygens (including phenoxy) is 1. The van der Waals surface area contributed by atoms with Crippen LogP contribution in [0, 0.1) is 6.92 Å². The van der Waals surface area contributed by atoms with E-state index in [1.165, 1.54) is 27.9 Å². The molecule has 4 heteroatoms. The number of aromatic amines is 1. The second-order valence-corrected chi connectivity index (χ2v) is 7.07. The van der Waals surface area contributed by atoms with Gasteiger partial charge in [-0.25, -0.2) is 4.79 Å². The minimum Gasteiger partial charge on any atom is -0.461 e. The summed E-state index contributed by atoms with van der Waals surface area (Å²) < 4.78 is 7.70. The van der Waals surface area contributed by atoms with Gasteiger partial charge >= 0.3 is 5.97 Å². The molecule has 0 aromatic carbocycles. The number of carbonyl (C=O) groups is 1. The molecule has 0 radical (unpaired) electrons. The summed E-state index contributed by atoms with van der Waals surface area (Å²) >= 11 is 0. The summed E-state index contributed by atoms with van der Waals surface area (Å²) in [6.45, 7) is 13.2. The van der Waals surface area contributed by atoms with E-state index >= 15 is 0 Å². The highest BCUT2D eigenvalue weighted by molar-refractivity contribution is 5.99. The van der Waals surface area contributed by atoms with Crippen molar-refractivity contribution in [2.24, 2.45) is 0 Å². The zero-order chi connectivity index (χ0) is 18.3. The Morgan fingerprint density at radius 1 is 1.28 bits per heavy atom. The lowest BCUT2D eigenvalue weighted by atomic mass is 10.0. The third kappa shape index (κ3) is 2.68. The van der Waals surface area contributed by atoms with E-state index in [0.29, 0.717) is 18.3 Å². The molecule has 1 N–H and O–H groups in total. The molecular weight excluding hydrogens is 312 g/mol. The van der Waals surface area contributed by atoms with Crippen LogP contribution in [0.3, 0.4) is 0 Å². The first-order valence-electron chi connectivity index (χ1n) is 9.36. The van der Waals surface area contributed by atoms with Crippen LogP contribution in [0.2, 0.25) is 0 Å². The van der Waals surface area contributed by atoms with E-state index < -0.39 is 0 Å². The third-order valence-corrected chi connectivity index (χ3v) is 5.64. The van der Waals surface area contributed by atoms with Crippen LogP contribution >= 0.6 is 0 Å². The van der Waals surface area contributed by atoms with Gasteiger partial charge in [-0.05, 0) is 39.7 Å². The summed E-state index contributed by atoms with van der Waals surface area (Å²) in [6.07, 6.45) is 3.31. The molecule has 1 aliphatic rings. The molecule has 25 heavy (non-hydrogen) atoms. The second kappa shape index (κ2) is 6.66. The van der Waals surface area contributed by atoms with Gasteiger partial charge in [-0.1, -0.05) is 13.3 Å². The Hall–Kier alpha value is -2.10. The zero-order valence-corrected chi connectivity index (χ0v) is 16.2. The summed E-state index contributed by atoms with van der Waals surface area (Å²) in [6, 6.07) is 2.56. The molecule has 2 aromatic rings. The first kappa shape index (κ1) is 17.7. The summed E-state index contributed by atoms with van der Waals surface area (Å²) in [5.74, 6) is -0.265. The van der Waals surface area contributed by atoms with Gasteiger partial charge in [-0.2, -0.15) is 4.57 Å². The number of H-pyrrole nitrogens is 1. The van der Waals surface area contributed by atoms with E-state index in [9.17, 15) is 4.79 Å². The quantitative estimate of drug-likeness (QED) is 0.635. The van der Waals surface area contributed by atoms with Crippen LogP contribution < -0.4 is 4.57 Å². The Morgan fingerprint density at radius 3 is 2.64 bits per heavy atom. The predicted octanol–water partition coefficient (Wildman–Crippen LogP) is 4.65. The van der Waals surface area contributed by atoms with Crippen LogP contribution in [0.1, 0.15) is 80.9 Å². The number of aromatic nitrogens is 2. The molecule has 1 atom stereocenters. The highest BCUT2D eigenvalue weighted by atomic mass is 16.5. The van der Waals surface area contributed by atoms with Gasteiger partial charge in [0.1, 0.15) is 5.69 Å². The maximum atomic E-state index is 12.3. The number of hydrogen-bond donors (Lipinski definition) is 1. The van der Waals surface area contributed by atoms with Crippen molar-refractivity contribution in [2.45, 2.75) is 66.8 Å². The monoisotopic (exact) mass is 341 g/mol. The molecule has 0 fully saturated rings. The number of esters is 1. The van der Waals surface area contributed by atoms with Crippen molar-refractivity contribution in [1.82, 2.24) is 4.98 Å². The number of pyridine rings is 1. The summed E-state index contributed by atoms with van der Waals surface area (Å²) in [5.41, 5.74) is 8.00. The van der Waals surface area contributed by atoms with Crippen LogP contribution in [0.25, 0.3) is 16.5 Å². The van der Waals surface area contributed by atoms with Gasteiger partial charge < -0.3 is 9.72 Å². The molecule has 4 nitrogen and oxygen atoms in total. The summed E-state index contributed by atoms with van der Waals surface area (Å²) in [5, 5.41) is 1.19. The van der Waals surface area contributed by atoms with Crippen molar-refractivity contribution in [3.05, 3.63) is 34.3 Å². The summed E-state index contributed by atoms with van der Waals surface area (Å²) in [7, 11) is 0. The SMILES string of the molecule is CCCCc1c2c(C)c(C(=O)OCC)[nH]c2cc2[n+]1C(C)C(C)=C2C. The number of fused-ring (bicyclic) bond motifs is 2. The minimum absolute atomic E-state index is 0.265. The molecule has 0 bridgehead atoms. The van der Waals surface area contributed by atoms with E-state index in [-0.39, 0.29) is 5.97 Å². The molecule has 0 saturated heterocycles. The fraction of sp³-hybridized carbons (Fsp3) is 0.524. The Balaban J connectivity index is 2.29. The van der Waals surface area contributed by atoms with Crippen molar-refractivity contribution in [3.8, 4) is 0 Å². The van der Waals surface area contributed by atoms with Gasteiger partial charge in [0.05, 0.1) is 17.5 Å². The van der Waals surface area contributed by atoms with Crippen molar-refractivity contribution in [3.63, 3.8) is 0 Å². The molecule has 1 aliphatic heterocycles. The van der Waals surface area contributed by atoms with Crippen LogP contribution in [0.4, 0.5) is 0 Å². The predicted molar refractivity (Wildman–Crippen MR) is 101 cm³/mol. The van der Waals surface area contributed by atoms with Gasteiger partial charge in [-0.3, -0.25) is 0 Å². The fourth-order valence-electron chi connectivity index (χ4n) is 4.01. The van der Waals surface area contributed by atoms with Crippen molar-refractivity contribution in [1.29, 1.82) is 0 Å². The first-order chi connectivity index (χ1) is 11.9. The van der Waals surface area contributed by atoms with Crippen LogP contribution in [-0.4, -0.2) is 17.6 Å². The maximum Gasteiger partial charge on any atom is 0.355 e. The molecule has 3 rings (SSSR count). The third-order valence-electron chi connectivity index (χ3n) is 5.64. The molecule has 134 valence electrons. The second-order valence-electron chi connectivity index (χ2n) is 7.07. The standard InChI is InChI=1S/C21H28N2O2/c1-7-9-10-17-19-14(5)20(21(24)25-8-2)22-16(19)11-18-13(4)12(3)15(6)23(17)18/h11,15H,7-10H2,1-6H3/p+1. The summed E-state index contributed by atoms with van der Waals surface area (Å²) in [4.78, 5) is 15.7. The number of unbranched alkanes of at least 4 members (excludes halogenated alkanes) is 1. The molecular formula is C21H29N2O2+. The smallest absolute Gasteiger partial charge is 0.355 e. The number of rotatable bonds is 5.